The van der Waals surface area contributed by atoms with Crippen LogP contribution in [0.5, 0.6) is 0 Å². The molecule has 0 atom stereocenters. The van der Waals surface area contributed by atoms with Gasteiger partial charge in [-0.05, 0) is 47.6 Å². The molecule has 0 aromatic heterocycles. The summed E-state index contributed by atoms with van der Waals surface area (Å²) in [7, 11) is 0. The molecule has 2 aliphatic heterocycles. The molecule has 1 saturated carbocycles. The number of rotatable bonds is 2. The van der Waals surface area contributed by atoms with Gasteiger partial charge in [0.2, 0.25) is 0 Å². The van der Waals surface area contributed by atoms with Gasteiger partial charge in [0.25, 0.3) is 0 Å². The van der Waals surface area contributed by atoms with E-state index in [1.54, 1.807) is 0 Å². The van der Waals surface area contributed by atoms with Gasteiger partial charge in [0, 0.05) is 24.0 Å². The van der Waals surface area contributed by atoms with E-state index in [9.17, 15) is 0 Å². The highest BCUT2D eigenvalue weighted by Gasteiger charge is 2.27. The van der Waals surface area contributed by atoms with E-state index in [0.717, 1.165) is 17.1 Å². The Kier molecular flexibility index (Phi) is 2.29. The van der Waals surface area contributed by atoms with Crippen LogP contribution in [-0.2, 0) is 0 Å². The smallest absolute Gasteiger partial charge is 0.0494 e. The molecule has 3 aliphatic rings. The lowest BCUT2D eigenvalue weighted by Gasteiger charge is -2.27. The lowest BCUT2D eigenvalue weighted by atomic mass is 10.0. The first-order valence-electron chi connectivity index (χ1n) is 5.63. The van der Waals surface area contributed by atoms with Gasteiger partial charge in [0.05, 0.1) is 0 Å². The van der Waals surface area contributed by atoms with Crippen LogP contribution >= 0.6 is 11.6 Å². The number of hydrogen-bond donors (Lipinski definition) is 0. The molecule has 0 spiro atoms. The van der Waals surface area contributed by atoms with Crippen LogP contribution in [0, 0.1) is 5.92 Å². The maximum atomic E-state index is 5.89. The molecule has 1 fully saturated rings. The van der Waals surface area contributed by atoms with Gasteiger partial charge < -0.3 is 4.90 Å². The standard InChI is InChI=1S/C14H14ClN/c1-10-6-14-5-4-12(11-2-3-11)8-16(14)9-13(10)7-15/h4-6,8-9,11H,1-3,7H2. The Labute approximate surface area is 101 Å². The van der Waals surface area contributed by atoms with E-state index in [1.165, 1.54) is 24.1 Å². The number of hydrogen-bond acceptors (Lipinski definition) is 1. The first kappa shape index (κ1) is 9.98. The summed E-state index contributed by atoms with van der Waals surface area (Å²) in [5.41, 5.74) is 4.75. The Bertz CT molecular complexity index is 461. The third kappa shape index (κ3) is 1.65. The van der Waals surface area contributed by atoms with Crippen molar-refractivity contribution in [2.24, 2.45) is 5.92 Å². The summed E-state index contributed by atoms with van der Waals surface area (Å²) in [6.45, 7) is 4.01. The van der Waals surface area contributed by atoms with Crippen LogP contribution in [0.15, 0.2) is 59.6 Å². The molecule has 16 heavy (non-hydrogen) atoms. The van der Waals surface area contributed by atoms with Gasteiger partial charge in [-0.3, -0.25) is 0 Å². The van der Waals surface area contributed by atoms with Crippen LogP contribution in [0.1, 0.15) is 12.8 Å². The predicted octanol–water partition coefficient (Wildman–Crippen LogP) is 3.73. The van der Waals surface area contributed by atoms with E-state index < -0.39 is 0 Å². The van der Waals surface area contributed by atoms with Crippen molar-refractivity contribution < 1.29 is 0 Å². The number of fused-ring (bicyclic) bond motifs is 1. The van der Waals surface area contributed by atoms with E-state index in [-0.39, 0.29) is 0 Å². The van der Waals surface area contributed by atoms with Gasteiger partial charge in [0.1, 0.15) is 0 Å². The molecule has 82 valence electrons. The molecule has 0 N–H and O–H groups in total. The lowest BCUT2D eigenvalue weighted by Crippen LogP contribution is -2.17. The number of alkyl halides is 1. The first-order chi connectivity index (χ1) is 7.78. The Morgan fingerprint density at radius 1 is 1.31 bits per heavy atom. The van der Waals surface area contributed by atoms with E-state index in [0.29, 0.717) is 5.88 Å². The van der Waals surface area contributed by atoms with Crippen LogP contribution < -0.4 is 0 Å². The lowest BCUT2D eigenvalue weighted by molar-refractivity contribution is 0.619. The van der Waals surface area contributed by atoms with E-state index in [2.05, 4.69) is 42.1 Å². The average molecular weight is 232 g/mol. The number of allylic oxidation sites excluding steroid dienone is 6. The second-order valence-electron chi connectivity index (χ2n) is 4.53. The third-order valence-electron chi connectivity index (χ3n) is 3.26. The highest BCUT2D eigenvalue weighted by molar-refractivity contribution is 6.19. The normalized spacial score (nSPS) is 23.7. The highest BCUT2D eigenvalue weighted by atomic mass is 35.5. The predicted molar refractivity (Wildman–Crippen MR) is 67.8 cm³/mol. The summed E-state index contributed by atoms with van der Waals surface area (Å²) < 4.78 is 0. The largest absolute Gasteiger partial charge is 0.323 e. The van der Waals surface area contributed by atoms with Crippen molar-refractivity contribution in [3.63, 3.8) is 0 Å². The Balaban J connectivity index is 1.93. The molecule has 1 aliphatic carbocycles. The summed E-state index contributed by atoms with van der Waals surface area (Å²) in [6, 6.07) is 0. The molecular formula is C14H14ClN. The van der Waals surface area contributed by atoms with Gasteiger partial charge in [-0.2, -0.15) is 0 Å². The van der Waals surface area contributed by atoms with Gasteiger partial charge in [-0.1, -0.05) is 12.7 Å². The van der Waals surface area contributed by atoms with Gasteiger partial charge in [0.15, 0.2) is 0 Å². The van der Waals surface area contributed by atoms with Crippen molar-refractivity contribution in [1.29, 1.82) is 0 Å². The molecule has 0 saturated heterocycles. The Hall–Kier alpha value is -1.21. The van der Waals surface area contributed by atoms with Crippen LogP contribution in [0.2, 0.25) is 0 Å². The minimum absolute atomic E-state index is 0.523. The molecule has 2 heterocycles. The summed E-state index contributed by atoms with van der Waals surface area (Å²) >= 11 is 5.89. The second-order valence-corrected chi connectivity index (χ2v) is 4.79. The van der Waals surface area contributed by atoms with Crippen LogP contribution in [0.25, 0.3) is 0 Å². The molecule has 0 aromatic carbocycles. The topological polar surface area (TPSA) is 3.24 Å². The molecule has 0 amide bonds. The SMILES string of the molecule is C=C1C=C2C=CC(C3CC3)=CN2C=C1CCl. The van der Waals surface area contributed by atoms with Gasteiger partial charge in [-0.25, -0.2) is 0 Å². The molecule has 0 aromatic rings. The summed E-state index contributed by atoms with van der Waals surface area (Å²) in [4.78, 5) is 2.17. The fourth-order valence-electron chi connectivity index (χ4n) is 2.08. The van der Waals surface area contributed by atoms with Crippen molar-refractivity contribution >= 4 is 11.6 Å². The second kappa shape index (κ2) is 3.67. The quantitative estimate of drug-likeness (QED) is 0.655. The first-order valence-corrected chi connectivity index (χ1v) is 6.17. The molecule has 0 bridgehead atoms. The van der Waals surface area contributed by atoms with Crippen molar-refractivity contribution in [2.45, 2.75) is 12.8 Å². The zero-order valence-corrected chi connectivity index (χ0v) is 9.87. The summed E-state index contributed by atoms with van der Waals surface area (Å²) in [5, 5.41) is 0. The van der Waals surface area contributed by atoms with Crippen molar-refractivity contribution in [2.75, 3.05) is 5.88 Å². The minimum Gasteiger partial charge on any atom is -0.323 e. The summed E-state index contributed by atoms with van der Waals surface area (Å²) in [6.07, 6.45) is 13.5. The molecular weight excluding hydrogens is 218 g/mol. The van der Waals surface area contributed by atoms with E-state index >= 15 is 0 Å². The summed E-state index contributed by atoms with van der Waals surface area (Å²) in [5.74, 6) is 1.31. The molecule has 0 radical (unpaired) electrons. The van der Waals surface area contributed by atoms with Crippen molar-refractivity contribution in [3.8, 4) is 0 Å². The van der Waals surface area contributed by atoms with Crippen LogP contribution in [0.4, 0.5) is 0 Å². The number of nitrogens with zero attached hydrogens (tertiary/aromatic N) is 1. The molecule has 1 nitrogen and oxygen atoms in total. The Morgan fingerprint density at radius 2 is 2.12 bits per heavy atom. The van der Waals surface area contributed by atoms with E-state index in [4.69, 9.17) is 11.6 Å². The van der Waals surface area contributed by atoms with Crippen molar-refractivity contribution in [3.05, 3.63) is 59.6 Å². The van der Waals surface area contributed by atoms with Crippen LogP contribution in [0.3, 0.4) is 0 Å². The van der Waals surface area contributed by atoms with Gasteiger partial charge >= 0.3 is 0 Å². The third-order valence-corrected chi connectivity index (χ3v) is 3.54. The zero-order valence-electron chi connectivity index (χ0n) is 9.12. The minimum atomic E-state index is 0.523. The van der Waals surface area contributed by atoms with E-state index in [1.807, 2.05) is 0 Å². The molecule has 2 heteroatoms. The zero-order chi connectivity index (χ0) is 11.1. The van der Waals surface area contributed by atoms with Gasteiger partial charge in [-0.15, -0.1) is 11.6 Å². The fraction of sp³-hybridized carbons (Fsp3) is 0.286. The monoisotopic (exact) mass is 231 g/mol. The number of halogens is 1. The maximum absolute atomic E-state index is 5.89. The van der Waals surface area contributed by atoms with Crippen LogP contribution in [-0.4, -0.2) is 10.8 Å². The Morgan fingerprint density at radius 3 is 2.81 bits per heavy atom. The highest BCUT2D eigenvalue weighted by Crippen LogP contribution is 2.40. The fourth-order valence-corrected chi connectivity index (χ4v) is 2.32. The average Bonchev–Trinajstić information content (AvgIpc) is 3.11. The maximum Gasteiger partial charge on any atom is 0.0494 e. The van der Waals surface area contributed by atoms with Crippen molar-refractivity contribution in [1.82, 2.24) is 4.90 Å². The molecule has 3 rings (SSSR count). The molecule has 0 unspecified atom stereocenters.